The van der Waals surface area contributed by atoms with Gasteiger partial charge in [0.15, 0.2) is 5.69 Å². The molecule has 0 unspecified atom stereocenters. The third-order valence-corrected chi connectivity index (χ3v) is 3.65. The lowest BCUT2D eigenvalue weighted by Gasteiger charge is -2.28. The number of carboxylic acid groups (broad SMARTS) is 2. The van der Waals surface area contributed by atoms with Gasteiger partial charge >= 0.3 is 11.9 Å². The molecule has 24 heavy (non-hydrogen) atoms. The average Bonchev–Trinajstić information content (AvgIpc) is 2.55. The van der Waals surface area contributed by atoms with E-state index >= 15 is 0 Å². The van der Waals surface area contributed by atoms with Crippen molar-refractivity contribution < 1.29 is 19.8 Å². The Kier molecular flexibility index (Phi) is 5.35. The molecule has 2 aromatic rings. The molecule has 0 atom stereocenters. The molecular formula is C17H15BrN2O4. The van der Waals surface area contributed by atoms with Gasteiger partial charge in [-0.05, 0) is 23.3 Å². The van der Waals surface area contributed by atoms with Gasteiger partial charge < -0.3 is 15.1 Å². The summed E-state index contributed by atoms with van der Waals surface area (Å²) in [6.07, 6.45) is 5.48. The van der Waals surface area contributed by atoms with E-state index in [0.717, 1.165) is 11.3 Å². The van der Waals surface area contributed by atoms with Crippen LogP contribution in [0.15, 0.2) is 42.6 Å². The maximum atomic E-state index is 11.2. The predicted octanol–water partition coefficient (Wildman–Crippen LogP) is 3.09. The topological polar surface area (TPSA) is 90.7 Å². The van der Waals surface area contributed by atoms with E-state index in [2.05, 4.69) is 9.88 Å². The van der Waals surface area contributed by atoms with Crippen LogP contribution in [0.3, 0.4) is 0 Å². The van der Waals surface area contributed by atoms with E-state index in [0.29, 0.717) is 18.7 Å². The molecule has 0 saturated heterocycles. The monoisotopic (exact) mass is 390 g/mol. The van der Waals surface area contributed by atoms with Crippen LogP contribution >= 0.6 is 17.0 Å². The number of benzene rings is 1. The molecule has 0 radical (unpaired) electrons. The minimum Gasteiger partial charge on any atom is -0.478 e. The molecule has 3 rings (SSSR count). The smallest absolute Gasteiger partial charge is 0.355 e. The quantitative estimate of drug-likeness (QED) is 0.833. The van der Waals surface area contributed by atoms with Crippen LogP contribution in [-0.2, 0) is 6.54 Å². The van der Waals surface area contributed by atoms with Crippen LogP contribution in [-0.4, -0.2) is 33.7 Å². The molecule has 1 aliphatic rings. The summed E-state index contributed by atoms with van der Waals surface area (Å²) >= 11 is 0. The number of anilines is 1. The van der Waals surface area contributed by atoms with E-state index in [-0.39, 0.29) is 22.5 Å². The van der Waals surface area contributed by atoms with Crippen molar-refractivity contribution in [1.82, 2.24) is 4.98 Å². The van der Waals surface area contributed by atoms with Gasteiger partial charge in [0.25, 0.3) is 0 Å². The van der Waals surface area contributed by atoms with Crippen LogP contribution in [0.1, 0.15) is 32.0 Å². The van der Waals surface area contributed by atoms with Crippen molar-refractivity contribution in [3.05, 3.63) is 65.0 Å². The van der Waals surface area contributed by atoms with E-state index in [9.17, 15) is 14.7 Å². The van der Waals surface area contributed by atoms with Crippen LogP contribution in [0.25, 0.3) is 6.08 Å². The number of carboxylic acids is 2. The van der Waals surface area contributed by atoms with Crippen LogP contribution in [0.5, 0.6) is 0 Å². The van der Waals surface area contributed by atoms with Gasteiger partial charge in [-0.25, -0.2) is 14.6 Å². The Morgan fingerprint density at radius 2 is 1.92 bits per heavy atom. The molecule has 0 saturated carbocycles. The number of aromatic carboxylic acids is 2. The SMILES string of the molecule is Br.O=C(O)c1cc(CN2CC=Cc3ccccc32)cnc1C(=O)O. The fourth-order valence-corrected chi connectivity index (χ4v) is 2.62. The van der Waals surface area contributed by atoms with Crippen molar-refractivity contribution in [2.75, 3.05) is 11.4 Å². The lowest BCUT2D eigenvalue weighted by Crippen LogP contribution is -2.25. The number of nitrogens with zero attached hydrogens (tertiary/aromatic N) is 2. The third-order valence-electron chi connectivity index (χ3n) is 3.65. The van der Waals surface area contributed by atoms with Gasteiger partial charge in [-0.1, -0.05) is 30.4 Å². The second-order valence-corrected chi connectivity index (χ2v) is 5.19. The number of carbonyl (C=O) groups is 2. The number of halogens is 1. The number of fused-ring (bicyclic) bond motifs is 1. The number of aromatic nitrogens is 1. The highest BCUT2D eigenvalue weighted by Gasteiger charge is 2.19. The van der Waals surface area contributed by atoms with Crippen molar-refractivity contribution in [3.63, 3.8) is 0 Å². The van der Waals surface area contributed by atoms with Crippen LogP contribution in [0.4, 0.5) is 5.69 Å². The zero-order valence-electron chi connectivity index (χ0n) is 12.5. The van der Waals surface area contributed by atoms with Crippen LogP contribution < -0.4 is 4.90 Å². The molecule has 2 heterocycles. The van der Waals surface area contributed by atoms with Crippen molar-refractivity contribution in [2.45, 2.75) is 6.54 Å². The molecule has 0 aliphatic carbocycles. The van der Waals surface area contributed by atoms with E-state index in [1.165, 1.54) is 12.3 Å². The second-order valence-electron chi connectivity index (χ2n) is 5.19. The zero-order valence-corrected chi connectivity index (χ0v) is 14.3. The van der Waals surface area contributed by atoms with Gasteiger partial charge in [-0.2, -0.15) is 0 Å². The fraction of sp³-hybridized carbons (Fsp3) is 0.118. The van der Waals surface area contributed by atoms with E-state index in [1.54, 1.807) is 0 Å². The summed E-state index contributed by atoms with van der Waals surface area (Å²) in [6.45, 7) is 1.15. The first kappa shape index (κ1) is 17.7. The van der Waals surface area contributed by atoms with Crippen molar-refractivity contribution in [2.24, 2.45) is 0 Å². The molecule has 0 amide bonds. The molecule has 6 nitrogen and oxygen atoms in total. The van der Waals surface area contributed by atoms with Crippen molar-refractivity contribution >= 4 is 40.7 Å². The number of para-hydroxylation sites is 1. The zero-order chi connectivity index (χ0) is 16.4. The van der Waals surface area contributed by atoms with Crippen molar-refractivity contribution in [3.8, 4) is 0 Å². The van der Waals surface area contributed by atoms with Gasteiger partial charge in [-0.15, -0.1) is 17.0 Å². The standard InChI is InChI=1S/C17H14N2O4.BrH/c20-16(21)13-8-11(9-18-15(13)17(22)23)10-19-7-3-5-12-4-1-2-6-14(12)19;/h1-6,8-9H,7,10H2,(H,20,21)(H,22,23);1H. The highest BCUT2D eigenvalue weighted by Crippen LogP contribution is 2.27. The molecule has 1 aliphatic heterocycles. The van der Waals surface area contributed by atoms with E-state index in [4.69, 9.17) is 5.11 Å². The van der Waals surface area contributed by atoms with Crippen LogP contribution in [0, 0.1) is 0 Å². The Hall–Kier alpha value is -2.67. The number of pyridine rings is 1. The molecule has 0 bridgehead atoms. The Morgan fingerprint density at radius 3 is 2.62 bits per heavy atom. The maximum absolute atomic E-state index is 11.2. The van der Waals surface area contributed by atoms with Gasteiger partial charge in [-0.3, -0.25) is 0 Å². The molecule has 1 aromatic carbocycles. The highest BCUT2D eigenvalue weighted by atomic mass is 79.9. The lowest BCUT2D eigenvalue weighted by atomic mass is 10.1. The van der Waals surface area contributed by atoms with Crippen molar-refractivity contribution in [1.29, 1.82) is 0 Å². The summed E-state index contributed by atoms with van der Waals surface area (Å²) in [4.78, 5) is 28.2. The molecule has 0 spiro atoms. The summed E-state index contributed by atoms with van der Waals surface area (Å²) in [5, 5.41) is 18.2. The first-order valence-electron chi connectivity index (χ1n) is 7.02. The summed E-state index contributed by atoms with van der Waals surface area (Å²) in [6, 6.07) is 9.28. The molecule has 7 heteroatoms. The first-order chi connectivity index (χ1) is 11.1. The Morgan fingerprint density at radius 1 is 1.17 bits per heavy atom. The summed E-state index contributed by atoms with van der Waals surface area (Å²) < 4.78 is 0. The second kappa shape index (κ2) is 7.27. The minimum absolute atomic E-state index is 0. The number of hydrogen-bond acceptors (Lipinski definition) is 4. The normalized spacial score (nSPS) is 12.2. The minimum atomic E-state index is -1.35. The highest BCUT2D eigenvalue weighted by molar-refractivity contribution is 8.93. The largest absolute Gasteiger partial charge is 0.478 e. The molecule has 0 fully saturated rings. The van der Waals surface area contributed by atoms with Gasteiger partial charge in [0, 0.05) is 25.0 Å². The molecule has 2 N–H and O–H groups in total. The Bertz CT molecular complexity index is 820. The molecule has 1 aromatic heterocycles. The first-order valence-corrected chi connectivity index (χ1v) is 7.02. The summed E-state index contributed by atoms with van der Waals surface area (Å²) in [5.74, 6) is -2.64. The Balaban J connectivity index is 0.00000208. The average molecular weight is 391 g/mol. The Labute approximate surface area is 148 Å². The maximum Gasteiger partial charge on any atom is 0.355 e. The number of rotatable bonds is 4. The van der Waals surface area contributed by atoms with E-state index < -0.39 is 17.6 Å². The van der Waals surface area contributed by atoms with Crippen LogP contribution in [0.2, 0.25) is 0 Å². The summed E-state index contributed by atoms with van der Waals surface area (Å²) in [5.41, 5.74) is 2.05. The predicted molar refractivity (Wildman–Crippen MR) is 95.0 cm³/mol. The van der Waals surface area contributed by atoms with Gasteiger partial charge in [0.05, 0.1) is 5.56 Å². The molecular weight excluding hydrogens is 376 g/mol. The van der Waals surface area contributed by atoms with E-state index in [1.807, 2.05) is 36.4 Å². The third kappa shape index (κ3) is 3.46. The number of hydrogen-bond donors (Lipinski definition) is 2. The lowest BCUT2D eigenvalue weighted by molar-refractivity contribution is 0.0646. The summed E-state index contributed by atoms with van der Waals surface area (Å²) in [7, 11) is 0. The fourth-order valence-electron chi connectivity index (χ4n) is 2.62. The molecule has 124 valence electrons. The van der Waals surface area contributed by atoms with Gasteiger partial charge in [0.1, 0.15) is 0 Å². The van der Waals surface area contributed by atoms with Gasteiger partial charge in [0.2, 0.25) is 0 Å².